The maximum absolute atomic E-state index is 9.51. The molecule has 3 heteroatoms. The molecular weight excluding hydrogens is 236 g/mol. The van der Waals surface area contributed by atoms with Crippen molar-refractivity contribution in [2.75, 3.05) is 7.05 Å². The minimum Gasteiger partial charge on any atom is -0.508 e. The number of aromatic hydroxyl groups is 1. The number of nitrogens with one attached hydrogen (secondary N) is 1. The van der Waals surface area contributed by atoms with E-state index in [1.807, 2.05) is 25.2 Å². The number of nitrogens with zero attached hydrogens (tertiary/aromatic N) is 1. The lowest BCUT2D eigenvalue weighted by molar-refractivity contribution is 0.474. The van der Waals surface area contributed by atoms with Crippen LogP contribution < -0.4 is 5.32 Å². The average Bonchev–Trinajstić information content (AvgIpc) is 2.80. The quantitative estimate of drug-likeness (QED) is 0.886. The van der Waals surface area contributed by atoms with Crippen LogP contribution in [0.2, 0.25) is 0 Å². The van der Waals surface area contributed by atoms with Crippen LogP contribution in [0.3, 0.4) is 0 Å². The Balaban J connectivity index is 1.85. The molecule has 0 radical (unpaired) electrons. The summed E-state index contributed by atoms with van der Waals surface area (Å²) in [5.41, 5.74) is 4.04. The van der Waals surface area contributed by atoms with Crippen LogP contribution >= 0.6 is 0 Å². The predicted molar refractivity (Wildman–Crippen MR) is 76.4 cm³/mol. The van der Waals surface area contributed by atoms with E-state index in [1.54, 1.807) is 6.07 Å². The van der Waals surface area contributed by atoms with Gasteiger partial charge in [-0.2, -0.15) is 0 Å². The summed E-state index contributed by atoms with van der Waals surface area (Å²) in [6, 6.07) is 7.98. The zero-order valence-electron chi connectivity index (χ0n) is 11.3. The van der Waals surface area contributed by atoms with E-state index in [9.17, 15) is 5.11 Å². The predicted octanol–water partition coefficient (Wildman–Crippen LogP) is 2.84. The third-order valence-electron chi connectivity index (χ3n) is 3.94. The molecule has 3 rings (SSSR count). The van der Waals surface area contributed by atoms with Crippen LogP contribution in [0.1, 0.15) is 35.6 Å². The van der Waals surface area contributed by atoms with Gasteiger partial charge in [0.1, 0.15) is 5.75 Å². The van der Waals surface area contributed by atoms with Crippen LogP contribution in [0.25, 0.3) is 0 Å². The number of rotatable bonds is 3. The number of fused-ring (bicyclic) bond motifs is 1. The third kappa shape index (κ3) is 2.51. The van der Waals surface area contributed by atoms with Gasteiger partial charge in [0.2, 0.25) is 0 Å². The topological polar surface area (TPSA) is 37.2 Å². The molecular formula is C16H20N2O. The van der Waals surface area contributed by atoms with Gasteiger partial charge in [-0.15, -0.1) is 0 Å². The Morgan fingerprint density at radius 1 is 1.37 bits per heavy atom. The van der Waals surface area contributed by atoms with E-state index in [-0.39, 0.29) is 0 Å². The Kier molecular flexibility index (Phi) is 3.30. The number of benzene rings is 1. The van der Waals surface area contributed by atoms with Crippen LogP contribution in [0.5, 0.6) is 5.75 Å². The zero-order valence-corrected chi connectivity index (χ0v) is 11.3. The molecule has 3 nitrogen and oxygen atoms in total. The van der Waals surface area contributed by atoms with E-state index >= 15 is 0 Å². The Labute approximate surface area is 113 Å². The molecule has 0 amide bonds. The molecule has 1 aliphatic rings. The largest absolute Gasteiger partial charge is 0.508 e. The number of phenols is 1. The molecule has 2 aromatic rings. The number of aryl methyl sites for hydroxylation is 1. The zero-order chi connectivity index (χ0) is 13.2. The fourth-order valence-corrected chi connectivity index (χ4v) is 3.01. The second-order valence-electron chi connectivity index (χ2n) is 5.31. The summed E-state index contributed by atoms with van der Waals surface area (Å²) in [7, 11) is 2.03. The molecule has 0 fully saturated rings. The minimum atomic E-state index is 0.336. The van der Waals surface area contributed by atoms with Gasteiger partial charge >= 0.3 is 0 Å². The lowest BCUT2D eigenvalue weighted by Gasteiger charge is -2.21. The van der Waals surface area contributed by atoms with Gasteiger partial charge < -0.3 is 15.0 Å². The lowest BCUT2D eigenvalue weighted by atomic mass is 9.91. The highest BCUT2D eigenvalue weighted by atomic mass is 16.3. The second-order valence-corrected chi connectivity index (χ2v) is 5.31. The summed E-state index contributed by atoms with van der Waals surface area (Å²) in [6.07, 6.45) is 8.16. The summed E-state index contributed by atoms with van der Waals surface area (Å²) in [5, 5.41) is 12.9. The van der Waals surface area contributed by atoms with E-state index in [4.69, 9.17) is 0 Å². The number of aromatic nitrogens is 1. The monoisotopic (exact) mass is 256 g/mol. The Morgan fingerprint density at radius 2 is 2.26 bits per heavy atom. The maximum Gasteiger partial charge on any atom is 0.115 e. The Morgan fingerprint density at radius 3 is 3.05 bits per heavy atom. The molecule has 1 aromatic carbocycles. The highest BCUT2D eigenvalue weighted by Crippen LogP contribution is 2.30. The van der Waals surface area contributed by atoms with Gasteiger partial charge in [-0.1, -0.05) is 12.1 Å². The van der Waals surface area contributed by atoms with E-state index in [2.05, 4.69) is 22.3 Å². The van der Waals surface area contributed by atoms with Crippen LogP contribution in [0, 0.1) is 0 Å². The Bertz CT molecular complexity index is 574. The van der Waals surface area contributed by atoms with Gasteiger partial charge in [-0.3, -0.25) is 0 Å². The summed E-state index contributed by atoms with van der Waals surface area (Å²) in [6.45, 7) is 0.817. The number of hydrogen-bond acceptors (Lipinski definition) is 2. The van der Waals surface area contributed by atoms with Crippen molar-refractivity contribution < 1.29 is 5.11 Å². The van der Waals surface area contributed by atoms with E-state index < -0.39 is 0 Å². The van der Waals surface area contributed by atoms with Crippen molar-refractivity contribution in [3.05, 3.63) is 53.3 Å². The molecule has 1 aliphatic carbocycles. The molecule has 0 aliphatic heterocycles. The van der Waals surface area contributed by atoms with Gasteiger partial charge in [0.05, 0.1) is 0 Å². The molecule has 1 heterocycles. The van der Waals surface area contributed by atoms with Gasteiger partial charge in [0, 0.05) is 25.0 Å². The van der Waals surface area contributed by atoms with Crippen molar-refractivity contribution >= 4 is 0 Å². The van der Waals surface area contributed by atoms with Crippen molar-refractivity contribution in [2.45, 2.75) is 31.8 Å². The van der Waals surface area contributed by atoms with E-state index in [1.165, 1.54) is 30.4 Å². The molecule has 2 N–H and O–H groups in total. The minimum absolute atomic E-state index is 0.336. The number of phenolic OH excluding ortho intramolecular Hbond substituents is 1. The summed E-state index contributed by atoms with van der Waals surface area (Å²) in [5.74, 6) is 0.336. The lowest BCUT2D eigenvalue weighted by Crippen LogP contribution is -2.20. The van der Waals surface area contributed by atoms with Crippen LogP contribution in [0.15, 0.2) is 36.7 Å². The first-order chi connectivity index (χ1) is 9.26. The number of hydrogen-bond donors (Lipinski definition) is 2. The van der Waals surface area contributed by atoms with Crippen molar-refractivity contribution in [2.24, 2.45) is 0 Å². The van der Waals surface area contributed by atoms with Gasteiger partial charge in [-0.25, -0.2) is 0 Å². The molecule has 0 saturated heterocycles. The van der Waals surface area contributed by atoms with Gasteiger partial charge in [-0.05, 0) is 55.1 Å². The van der Waals surface area contributed by atoms with Crippen molar-refractivity contribution in [1.82, 2.24) is 9.88 Å². The SMILES string of the molecule is CNC1CCCc2cn(Cc3cccc(O)c3)cc21. The molecule has 1 aromatic heterocycles. The first kappa shape index (κ1) is 12.3. The molecule has 1 atom stereocenters. The van der Waals surface area contributed by atoms with Crippen molar-refractivity contribution in [3.8, 4) is 5.75 Å². The summed E-state index contributed by atoms with van der Waals surface area (Å²) < 4.78 is 2.23. The first-order valence-electron chi connectivity index (χ1n) is 6.90. The highest BCUT2D eigenvalue weighted by Gasteiger charge is 2.20. The normalized spacial score (nSPS) is 18.3. The van der Waals surface area contributed by atoms with E-state index in [0.717, 1.165) is 12.1 Å². The van der Waals surface area contributed by atoms with E-state index in [0.29, 0.717) is 11.8 Å². The molecule has 100 valence electrons. The fourth-order valence-electron chi connectivity index (χ4n) is 3.01. The summed E-state index contributed by atoms with van der Waals surface area (Å²) in [4.78, 5) is 0. The third-order valence-corrected chi connectivity index (χ3v) is 3.94. The standard InChI is InChI=1S/C16H20N2O/c1-17-16-7-3-5-13-10-18(11-15(13)16)9-12-4-2-6-14(19)8-12/h2,4,6,8,10-11,16-17,19H,3,5,7,9H2,1H3. The van der Waals surface area contributed by atoms with Gasteiger partial charge in [0.25, 0.3) is 0 Å². The van der Waals surface area contributed by atoms with Crippen molar-refractivity contribution in [1.29, 1.82) is 0 Å². The summed E-state index contributed by atoms with van der Waals surface area (Å²) >= 11 is 0. The molecule has 1 unspecified atom stereocenters. The van der Waals surface area contributed by atoms with Crippen LogP contribution in [0.4, 0.5) is 0 Å². The second kappa shape index (κ2) is 5.10. The first-order valence-corrected chi connectivity index (χ1v) is 6.90. The van der Waals surface area contributed by atoms with Crippen LogP contribution in [-0.4, -0.2) is 16.7 Å². The molecule has 0 bridgehead atoms. The maximum atomic E-state index is 9.51. The van der Waals surface area contributed by atoms with Crippen molar-refractivity contribution in [3.63, 3.8) is 0 Å². The Hall–Kier alpha value is -1.74. The molecule has 0 saturated carbocycles. The molecule has 19 heavy (non-hydrogen) atoms. The van der Waals surface area contributed by atoms with Gasteiger partial charge in [0.15, 0.2) is 0 Å². The molecule has 0 spiro atoms. The smallest absolute Gasteiger partial charge is 0.115 e. The fraction of sp³-hybridized carbons (Fsp3) is 0.375. The average molecular weight is 256 g/mol. The van der Waals surface area contributed by atoms with Crippen LogP contribution in [-0.2, 0) is 13.0 Å². The highest BCUT2D eigenvalue weighted by molar-refractivity contribution is 5.32.